The topological polar surface area (TPSA) is 41.9 Å². The van der Waals surface area contributed by atoms with E-state index < -0.39 is 5.60 Å². The monoisotopic (exact) mass is 228 g/mol. The van der Waals surface area contributed by atoms with Crippen LogP contribution in [0.25, 0.3) is 0 Å². The van der Waals surface area contributed by atoms with Crippen LogP contribution < -0.4 is 0 Å². The Hall–Kier alpha value is -1.06. The number of rotatable bonds is 4. The molecule has 0 saturated heterocycles. The zero-order chi connectivity index (χ0) is 12.8. The fraction of sp³-hybridized carbons (Fsp3) is 0.833. The summed E-state index contributed by atoms with van der Waals surface area (Å²) in [6.45, 7) is 12.0. The first-order valence-electron chi connectivity index (χ1n) is 5.78. The van der Waals surface area contributed by atoms with Gasteiger partial charge in [0.05, 0.1) is 0 Å². The Labute approximate surface area is 98.7 Å². The quantitative estimate of drug-likeness (QED) is 0.546. The minimum Gasteiger partial charge on any atom is -0.442 e. The number of carbonyl (C=O) groups excluding carboxylic acids is 1. The highest BCUT2D eigenvalue weighted by molar-refractivity contribution is 5.80. The van der Waals surface area contributed by atoms with Crippen LogP contribution in [0, 0.1) is 0 Å². The Morgan fingerprint density at radius 3 is 2.25 bits per heavy atom. The van der Waals surface area contributed by atoms with Gasteiger partial charge >= 0.3 is 6.09 Å². The van der Waals surface area contributed by atoms with Gasteiger partial charge in [0.1, 0.15) is 5.60 Å². The van der Waals surface area contributed by atoms with Gasteiger partial charge in [0.2, 0.25) is 0 Å². The van der Waals surface area contributed by atoms with Crippen LogP contribution in [0.5, 0.6) is 0 Å². The zero-order valence-electron chi connectivity index (χ0n) is 11.3. The standard InChI is InChI=1S/C12H24N2O2/c1-7-8-9-14(13-10(2)3)11(15)16-12(4,5)6/h7-9H2,1-6H3. The fourth-order valence-electron chi connectivity index (χ4n) is 1.05. The lowest BCUT2D eigenvalue weighted by atomic mass is 10.2. The molecule has 0 atom stereocenters. The summed E-state index contributed by atoms with van der Waals surface area (Å²) in [6, 6.07) is 0. The molecule has 0 aliphatic heterocycles. The summed E-state index contributed by atoms with van der Waals surface area (Å²) >= 11 is 0. The van der Waals surface area contributed by atoms with Crippen molar-refractivity contribution in [1.29, 1.82) is 0 Å². The van der Waals surface area contributed by atoms with Gasteiger partial charge in [-0.3, -0.25) is 0 Å². The summed E-state index contributed by atoms with van der Waals surface area (Å²) in [5.74, 6) is 0. The normalized spacial score (nSPS) is 10.9. The lowest BCUT2D eigenvalue weighted by molar-refractivity contribution is 0.0252. The van der Waals surface area contributed by atoms with Crippen molar-refractivity contribution in [3.8, 4) is 0 Å². The van der Waals surface area contributed by atoms with Gasteiger partial charge in [0, 0.05) is 12.3 Å². The van der Waals surface area contributed by atoms with Gasteiger partial charge in [0.15, 0.2) is 0 Å². The molecule has 1 amide bonds. The number of hydrogen-bond acceptors (Lipinski definition) is 3. The molecule has 0 aromatic carbocycles. The number of unbranched alkanes of at least 4 members (excludes halogenated alkanes) is 1. The van der Waals surface area contributed by atoms with Crippen molar-refractivity contribution in [3.05, 3.63) is 0 Å². The molecule has 4 nitrogen and oxygen atoms in total. The summed E-state index contributed by atoms with van der Waals surface area (Å²) in [4.78, 5) is 11.8. The van der Waals surface area contributed by atoms with Crippen LogP contribution in [-0.4, -0.2) is 29.0 Å². The second-order valence-corrected chi connectivity index (χ2v) is 5.00. The molecular formula is C12H24N2O2. The van der Waals surface area contributed by atoms with Crippen LogP contribution in [0.4, 0.5) is 4.79 Å². The highest BCUT2D eigenvalue weighted by Gasteiger charge is 2.21. The van der Waals surface area contributed by atoms with Crippen molar-refractivity contribution in [1.82, 2.24) is 5.01 Å². The first-order valence-corrected chi connectivity index (χ1v) is 5.78. The van der Waals surface area contributed by atoms with Gasteiger partial charge in [-0.1, -0.05) is 13.3 Å². The van der Waals surface area contributed by atoms with Crippen molar-refractivity contribution in [2.75, 3.05) is 6.54 Å². The molecule has 16 heavy (non-hydrogen) atoms. The van der Waals surface area contributed by atoms with Gasteiger partial charge in [-0.05, 0) is 41.0 Å². The second-order valence-electron chi connectivity index (χ2n) is 5.00. The highest BCUT2D eigenvalue weighted by atomic mass is 16.6. The highest BCUT2D eigenvalue weighted by Crippen LogP contribution is 2.11. The van der Waals surface area contributed by atoms with E-state index in [2.05, 4.69) is 12.0 Å². The number of carbonyl (C=O) groups is 1. The minimum absolute atomic E-state index is 0.373. The first kappa shape index (κ1) is 14.9. The zero-order valence-corrected chi connectivity index (χ0v) is 11.3. The Morgan fingerprint density at radius 2 is 1.88 bits per heavy atom. The maximum atomic E-state index is 11.8. The maximum absolute atomic E-state index is 11.8. The molecule has 0 heterocycles. The molecule has 0 aromatic rings. The molecule has 4 heteroatoms. The molecule has 0 bridgehead atoms. The molecule has 0 aliphatic rings. The van der Waals surface area contributed by atoms with Crippen molar-refractivity contribution < 1.29 is 9.53 Å². The maximum Gasteiger partial charge on any atom is 0.430 e. The second kappa shape index (κ2) is 6.51. The van der Waals surface area contributed by atoms with E-state index in [0.717, 1.165) is 18.6 Å². The molecule has 0 rings (SSSR count). The summed E-state index contributed by atoms with van der Waals surface area (Å²) in [5, 5.41) is 5.58. The molecule has 94 valence electrons. The van der Waals surface area contributed by atoms with E-state index in [1.165, 1.54) is 5.01 Å². The number of amides is 1. The predicted octanol–water partition coefficient (Wildman–Crippen LogP) is 3.42. The van der Waals surface area contributed by atoms with E-state index in [-0.39, 0.29) is 6.09 Å². The Bertz CT molecular complexity index is 250. The van der Waals surface area contributed by atoms with Gasteiger partial charge in [0.25, 0.3) is 0 Å². The summed E-state index contributed by atoms with van der Waals surface area (Å²) < 4.78 is 5.28. The van der Waals surface area contributed by atoms with Gasteiger partial charge in [-0.25, -0.2) is 4.79 Å². The SMILES string of the molecule is CCCCN(N=C(C)C)C(=O)OC(C)(C)C. The number of hydrogen-bond donors (Lipinski definition) is 0. The van der Waals surface area contributed by atoms with E-state index in [9.17, 15) is 4.79 Å². The first-order chi connectivity index (χ1) is 7.26. The molecular weight excluding hydrogens is 204 g/mol. The number of ether oxygens (including phenoxy) is 1. The van der Waals surface area contributed by atoms with Crippen LogP contribution in [0.1, 0.15) is 54.4 Å². The van der Waals surface area contributed by atoms with Crippen molar-refractivity contribution in [3.63, 3.8) is 0 Å². The minimum atomic E-state index is -0.473. The predicted molar refractivity (Wildman–Crippen MR) is 66.6 cm³/mol. The average molecular weight is 228 g/mol. The molecule has 0 unspecified atom stereocenters. The fourth-order valence-corrected chi connectivity index (χ4v) is 1.05. The largest absolute Gasteiger partial charge is 0.442 e. The van der Waals surface area contributed by atoms with Crippen molar-refractivity contribution >= 4 is 11.8 Å². The van der Waals surface area contributed by atoms with Crippen LogP contribution in [0.2, 0.25) is 0 Å². The molecule has 0 saturated carbocycles. The van der Waals surface area contributed by atoms with Crippen LogP contribution in [0.3, 0.4) is 0 Å². The summed E-state index contributed by atoms with van der Waals surface area (Å²) in [7, 11) is 0. The van der Waals surface area contributed by atoms with Gasteiger partial charge in [-0.15, -0.1) is 0 Å². The summed E-state index contributed by atoms with van der Waals surface area (Å²) in [6.07, 6.45) is 1.58. The van der Waals surface area contributed by atoms with Crippen molar-refractivity contribution in [2.45, 2.75) is 60.0 Å². The Kier molecular flexibility index (Phi) is 6.08. The molecule has 0 N–H and O–H groups in total. The van der Waals surface area contributed by atoms with Crippen LogP contribution in [-0.2, 0) is 4.74 Å². The van der Waals surface area contributed by atoms with E-state index >= 15 is 0 Å². The average Bonchev–Trinajstić information content (AvgIpc) is 2.08. The smallest absolute Gasteiger partial charge is 0.430 e. The molecule has 0 aliphatic carbocycles. The Balaban J connectivity index is 4.50. The van der Waals surface area contributed by atoms with Gasteiger partial charge in [-0.2, -0.15) is 10.1 Å². The molecule has 0 aromatic heterocycles. The molecule has 0 radical (unpaired) electrons. The van der Waals surface area contributed by atoms with E-state index in [1.54, 1.807) is 0 Å². The lowest BCUT2D eigenvalue weighted by Gasteiger charge is -2.24. The van der Waals surface area contributed by atoms with E-state index in [0.29, 0.717) is 6.54 Å². The van der Waals surface area contributed by atoms with E-state index in [4.69, 9.17) is 4.74 Å². The number of hydrazone groups is 1. The third-order valence-corrected chi connectivity index (χ3v) is 1.65. The third-order valence-electron chi connectivity index (χ3n) is 1.65. The lowest BCUT2D eigenvalue weighted by Crippen LogP contribution is -2.34. The van der Waals surface area contributed by atoms with Gasteiger partial charge < -0.3 is 4.74 Å². The molecule has 0 spiro atoms. The third kappa shape index (κ3) is 7.26. The summed E-state index contributed by atoms with van der Waals surface area (Å²) in [5.41, 5.74) is 0.376. The number of nitrogens with zero attached hydrogens (tertiary/aromatic N) is 2. The van der Waals surface area contributed by atoms with Crippen LogP contribution in [0.15, 0.2) is 5.10 Å². The van der Waals surface area contributed by atoms with Crippen molar-refractivity contribution in [2.24, 2.45) is 5.10 Å². The van der Waals surface area contributed by atoms with E-state index in [1.807, 2.05) is 34.6 Å². The van der Waals surface area contributed by atoms with Crippen LogP contribution >= 0.6 is 0 Å². The Morgan fingerprint density at radius 1 is 1.31 bits per heavy atom. The molecule has 0 fully saturated rings.